The third-order valence-electron chi connectivity index (χ3n) is 7.43. The number of amides is 1. The Bertz CT molecular complexity index is 1410. The van der Waals surface area contributed by atoms with Crippen LogP contribution in [0.4, 0.5) is 16.2 Å². The van der Waals surface area contributed by atoms with Crippen LogP contribution in [0.15, 0.2) is 54.5 Å². The number of fused-ring (bicyclic) bond motifs is 3. The van der Waals surface area contributed by atoms with Crippen molar-refractivity contribution in [3.63, 3.8) is 0 Å². The van der Waals surface area contributed by atoms with Gasteiger partial charge in [0.25, 0.3) is 0 Å². The molecule has 0 bridgehead atoms. The number of aromatic nitrogens is 2. The van der Waals surface area contributed by atoms with Crippen LogP contribution in [0, 0.1) is 5.92 Å². The Hall–Kier alpha value is -4.21. The molecule has 10 heteroatoms. The number of methoxy groups -OCH3 is 1. The van der Waals surface area contributed by atoms with Crippen molar-refractivity contribution < 1.29 is 23.7 Å². The fraction of sp³-hybridized carbons (Fsp3) is 0.370. The van der Waals surface area contributed by atoms with E-state index < -0.39 is 0 Å². The van der Waals surface area contributed by atoms with Crippen LogP contribution in [-0.2, 0) is 4.74 Å². The summed E-state index contributed by atoms with van der Waals surface area (Å²) in [5, 5.41) is 0. The molecule has 3 aromatic rings. The second-order valence-corrected chi connectivity index (χ2v) is 9.63. The maximum absolute atomic E-state index is 12.7. The van der Waals surface area contributed by atoms with E-state index in [0.29, 0.717) is 49.6 Å². The van der Waals surface area contributed by atoms with E-state index in [2.05, 4.69) is 26.0 Å². The molecule has 4 aliphatic rings. The zero-order valence-electron chi connectivity index (χ0n) is 20.5. The minimum atomic E-state index is -0.331. The molecule has 2 aromatic heterocycles. The molecule has 0 saturated carbocycles. The van der Waals surface area contributed by atoms with E-state index in [4.69, 9.17) is 18.9 Å². The van der Waals surface area contributed by atoms with Crippen molar-refractivity contribution in [3.8, 4) is 17.4 Å². The lowest BCUT2D eigenvalue weighted by Crippen LogP contribution is -2.32. The molecule has 2 saturated heterocycles. The van der Waals surface area contributed by atoms with Crippen LogP contribution < -0.4 is 24.0 Å². The van der Waals surface area contributed by atoms with Crippen LogP contribution in [0.5, 0.6) is 17.4 Å². The van der Waals surface area contributed by atoms with Crippen LogP contribution in [-0.4, -0.2) is 73.6 Å². The van der Waals surface area contributed by atoms with Crippen molar-refractivity contribution in [1.29, 1.82) is 0 Å². The van der Waals surface area contributed by atoms with Gasteiger partial charge >= 0.3 is 6.09 Å². The molecule has 1 aromatic carbocycles. The van der Waals surface area contributed by atoms with E-state index in [0.717, 1.165) is 41.9 Å². The van der Waals surface area contributed by atoms with Crippen LogP contribution in [0.25, 0.3) is 11.0 Å². The number of hydrogen-bond acceptors (Lipinski definition) is 9. The molecule has 2 atom stereocenters. The summed E-state index contributed by atoms with van der Waals surface area (Å²) in [7, 11) is 1.62. The number of rotatable bonds is 5. The largest absolute Gasteiger partial charge is 0.486 e. The third kappa shape index (κ3) is 3.83. The van der Waals surface area contributed by atoms with Crippen molar-refractivity contribution in [2.75, 3.05) is 56.3 Å². The summed E-state index contributed by atoms with van der Waals surface area (Å²) in [6.45, 7) is 4.03. The van der Waals surface area contributed by atoms with Gasteiger partial charge in [-0.1, -0.05) is 0 Å². The Balaban J connectivity index is 1.08. The summed E-state index contributed by atoms with van der Waals surface area (Å²) in [5.74, 6) is 2.37. The minimum Gasteiger partial charge on any atom is -0.486 e. The zero-order valence-corrected chi connectivity index (χ0v) is 20.5. The zero-order chi connectivity index (χ0) is 24.9. The molecule has 1 unspecified atom stereocenters. The number of carbonyl (C=O) groups is 1. The molecule has 190 valence electrons. The highest BCUT2D eigenvalue weighted by Gasteiger charge is 2.39. The number of pyridine rings is 2. The molecule has 1 amide bonds. The number of benzene rings is 1. The predicted molar refractivity (Wildman–Crippen MR) is 136 cm³/mol. The fourth-order valence-corrected chi connectivity index (χ4v) is 5.65. The van der Waals surface area contributed by atoms with Gasteiger partial charge in [-0.2, -0.15) is 0 Å². The van der Waals surface area contributed by atoms with Crippen molar-refractivity contribution in [2.45, 2.75) is 12.5 Å². The molecule has 0 N–H and O–H groups in total. The molecule has 0 radical (unpaired) electrons. The van der Waals surface area contributed by atoms with E-state index in [-0.39, 0.29) is 12.2 Å². The Labute approximate surface area is 214 Å². The molecule has 2 fully saturated rings. The first-order valence-corrected chi connectivity index (χ1v) is 12.6. The monoisotopic (exact) mass is 501 g/mol. The number of likely N-dealkylation sites (tertiary alicyclic amines) is 1. The quantitative estimate of drug-likeness (QED) is 0.522. The summed E-state index contributed by atoms with van der Waals surface area (Å²) in [5.41, 5.74) is 4.71. The molecule has 10 nitrogen and oxygen atoms in total. The normalized spacial score (nSPS) is 22.4. The number of nitrogens with zero attached hydrogens (tertiary/aromatic N) is 5. The molecule has 7 rings (SSSR count). The van der Waals surface area contributed by atoms with E-state index in [9.17, 15) is 4.79 Å². The summed E-state index contributed by atoms with van der Waals surface area (Å²) >= 11 is 0. The number of anilines is 2. The highest BCUT2D eigenvalue weighted by atomic mass is 16.6. The van der Waals surface area contributed by atoms with Gasteiger partial charge in [0.15, 0.2) is 11.5 Å². The number of hydrogen-bond donors (Lipinski definition) is 0. The second-order valence-electron chi connectivity index (χ2n) is 9.63. The van der Waals surface area contributed by atoms with Crippen molar-refractivity contribution in [3.05, 3.63) is 54.5 Å². The van der Waals surface area contributed by atoms with E-state index >= 15 is 0 Å². The smallest absolute Gasteiger partial charge is 0.414 e. The van der Waals surface area contributed by atoms with Crippen molar-refractivity contribution in [2.24, 2.45) is 5.92 Å². The lowest BCUT2D eigenvalue weighted by Gasteiger charge is -2.23. The molecule has 0 spiro atoms. The Morgan fingerprint density at radius 1 is 1.08 bits per heavy atom. The van der Waals surface area contributed by atoms with Gasteiger partial charge in [0.2, 0.25) is 5.88 Å². The van der Waals surface area contributed by atoms with E-state index in [1.165, 1.54) is 5.70 Å². The van der Waals surface area contributed by atoms with Crippen LogP contribution >= 0.6 is 0 Å². The van der Waals surface area contributed by atoms with Gasteiger partial charge in [-0.25, -0.2) is 9.78 Å². The molecular formula is C27H27N5O5. The molecule has 37 heavy (non-hydrogen) atoms. The van der Waals surface area contributed by atoms with Gasteiger partial charge in [0, 0.05) is 49.2 Å². The van der Waals surface area contributed by atoms with Crippen LogP contribution in [0.1, 0.15) is 6.42 Å². The predicted octanol–water partition coefficient (Wildman–Crippen LogP) is 3.42. The lowest BCUT2D eigenvalue weighted by molar-refractivity contribution is 0.122. The Kier molecular flexibility index (Phi) is 5.19. The molecule has 0 aliphatic carbocycles. The first-order chi connectivity index (χ1) is 18.2. The first-order valence-electron chi connectivity index (χ1n) is 12.6. The Morgan fingerprint density at radius 2 is 1.97 bits per heavy atom. The van der Waals surface area contributed by atoms with Gasteiger partial charge in [-0.15, -0.1) is 0 Å². The number of ether oxygens (including phenoxy) is 4. The average molecular weight is 502 g/mol. The third-order valence-corrected chi connectivity index (χ3v) is 7.43. The van der Waals surface area contributed by atoms with Gasteiger partial charge < -0.3 is 28.7 Å². The fourth-order valence-electron chi connectivity index (χ4n) is 5.65. The SMILES string of the molecule is COc1ccc2nccc(N3C=C4[C@H](CCN4CC4CN(c5ccc6c(c5)OCCO6)C(=O)O4)C3)c2n1. The van der Waals surface area contributed by atoms with Gasteiger partial charge in [0.05, 0.1) is 37.1 Å². The minimum absolute atomic E-state index is 0.220. The Morgan fingerprint density at radius 3 is 2.86 bits per heavy atom. The maximum atomic E-state index is 12.7. The molecule has 6 heterocycles. The van der Waals surface area contributed by atoms with E-state index in [1.54, 1.807) is 12.0 Å². The molecular weight excluding hydrogens is 474 g/mol. The lowest BCUT2D eigenvalue weighted by atomic mass is 10.1. The highest BCUT2D eigenvalue weighted by molar-refractivity contribution is 5.90. The highest BCUT2D eigenvalue weighted by Crippen LogP contribution is 2.39. The van der Waals surface area contributed by atoms with Crippen molar-refractivity contribution in [1.82, 2.24) is 14.9 Å². The van der Waals surface area contributed by atoms with Crippen LogP contribution in [0.3, 0.4) is 0 Å². The summed E-state index contributed by atoms with van der Waals surface area (Å²) in [4.78, 5) is 28.1. The maximum Gasteiger partial charge on any atom is 0.414 e. The van der Waals surface area contributed by atoms with Gasteiger partial charge in [-0.05, 0) is 30.7 Å². The first kappa shape index (κ1) is 22.0. The van der Waals surface area contributed by atoms with Gasteiger partial charge in [-0.3, -0.25) is 9.88 Å². The average Bonchev–Trinajstić information content (AvgIpc) is 3.63. The van der Waals surface area contributed by atoms with Crippen LogP contribution in [0.2, 0.25) is 0 Å². The van der Waals surface area contributed by atoms with Gasteiger partial charge in [0.1, 0.15) is 24.8 Å². The standard InChI is InChI=1S/C27H27N5O5/c1-34-25-5-3-20-26(29-25)21(6-8-28-20)31-13-17-7-9-30(22(17)16-31)14-19-15-32(27(33)37-19)18-2-4-23-24(12-18)36-11-10-35-23/h2-6,8,12,16-17,19H,7,9-11,13-15H2,1H3/t17-,19?/m1/s1. The summed E-state index contributed by atoms with van der Waals surface area (Å²) in [6, 6.07) is 11.3. The molecule has 4 aliphatic heterocycles. The second kappa shape index (κ2) is 8.72. The number of carbonyl (C=O) groups excluding carboxylic acids is 1. The summed E-state index contributed by atoms with van der Waals surface area (Å²) in [6.07, 6.45) is 4.54. The topological polar surface area (TPSA) is 89.5 Å². The van der Waals surface area contributed by atoms with E-state index in [1.807, 2.05) is 42.6 Å². The number of cyclic esters (lactones) is 1. The van der Waals surface area contributed by atoms with Crippen molar-refractivity contribution >= 4 is 28.5 Å². The summed E-state index contributed by atoms with van der Waals surface area (Å²) < 4.78 is 22.4.